The molecule has 94 valence electrons. The average molecular weight is 230 g/mol. The van der Waals surface area contributed by atoms with Gasteiger partial charge in [0.1, 0.15) is 6.10 Å². The number of aliphatic hydroxyl groups excluding tert-OH is 1. The summed E-state index contributed by atoms with van der Waals surface area (Å²) >= 11 is 0. The smallest absolute Gasteiger partial charge is 0.251 e. The van der Waals surface area contributed by atoms with E-state index in [9.17, 15) is 9.90 Å². The van der Waals surface area contributed by atoms with Crippen molar-refractivity contribution < 1.29 is 14.6 Å². The largest absolute Gasteiger partial charge is 0.385 e. The van der Waals surface area contributed by atoms with Crippen molar-refractivity contribution in [2.75, 3.05) is 46.4 Å². The molecule has 0 radical (unpaired) electrons. The number of piperazine rings is 1. The average Bonchev–Trinajstić information content (AvgIpc) is 2.29. The van der Waals surface area contributed by atoms with Crippen molar-refractivity contribution in [3.8, 4) is 0 Å². The molecule has 0 saturated carbocycles. The molecule has 0 spiro atoms. The predicted molar refractivity (Wildman–Crippen MR) is 61.2 cm³/mol. The Kier molecular flexibility index (Phi) is 5.73. The van der Waals surface area contributed by atoms with Crippen molar-refractivity contribution in [1.82, 2.24) is 9.80 Å². The summed E-state index contributed by atoms with van der Waals surface area (Å²) in [6, 6.07) is 0. The zero-order valence-corrected chi connectivity index (χ0v) is 10.2. The minimum atomic E-state index is -0.875. The van der Waals surface area contributed by atoms with E-state index in [1.165, 1.54) is 6.92 Å². The highest BCUT2D eigenvalue weighted by Crippen LogP contribution is 2.04. The highest BCUT2D eigenvalue weighted by Gasteiger charge is 2.23. The number of methoxy groups -OCH3 is 1. The second-order valence-electron chi connectivity index (χ2n) is 4.19. The molecule has 5 nitrogen and oxygen atoms in total. The molecule has 0 aromatic rings. The third-order valence-electron chi connectivity index (χ3n) is 2.86. The van der Waals surface area contributed by atoms with Crippen LogP contribution >= 0.6 is 0 Å². The molecule has 0 aromatic carbocycles. The molecule has 5 heteroatoms. The van der Waals surface area contributed by atoms with E-state index in [2.05, 4.69) is 4.90 Å². The van der Waals surface area contributed by atoms with Crippen LogP contribution in [-0.4, -0.2) is 73.4 Å². The lowest BCUT2D eigenvalue weighted by atomic mass is 10.2. The Hall–Kier alpha value is -0.650. The lowest BCUT2D eigenvalue weighted by Crippen LogP contribution is -2.51. The third kappa shape index (κ3) is 4.08. The van der Waals surface area contributed by atoms with Crippen LogP contribution in [0.3, 0.4) is 0 Å². The van der Waals surface area contributed by atoms with Gasteiger partial charge in [-0.2, -0.15) is 0 Å². The number of aliphatic hydroxyl groups is 1. The first-order chi connectivity index (χ1) is 7.65. The summed E-state index contributed by atoms with van der Waals surface area (Å²) in [7, 11) is 1.71. The Labute approximate surface area is 97.0 Å². The van der Waals surface area contributed by atoms with E-state index in [-0.39, 0.29) is 5.91 Å². The summed E-state index contributed by atoms with van der Waals surface area (Å²) in [5.74, 6) is -0.156. The second kappa shape index (κ2) is 6.83. The standard InChI is InChI=1S/C11H22N2O3/c1-10(14)11(15)13-7-5-12(6-8-13)4-3-9-16-2/h10,14H,3-9H2,1-2H3. The molecule has 1 N–H and O–H groups in total. The summed E-state index contributed by atoms with van der Waals surface area (Å²) in [6.07, 6.45) is 0.154. The highest BCUT2D eigenvalue weighted by atomic mass is 16.5. The third-order valence-corrected chi connectivity index (χ3v) is 2.86. The quantitative estimate of drug-likeness (QED) is 0.650. The fourth-order valence-corrected chi connectivity index (χ4v) is 1.89. The van der Waals surface area contributed by atoms with Gasteiger partial charge in [-0.1, -0.05) is 0 Å². The fourth-order valence-electron chi connectivity index (χ4n) is 1.89. The summed E-state index contributed by atoms with van der Waals surface area (Å²) in [5.41, 5.74) is 0. The van der Waals surface area contributed by atoms with Crippen molar-refractivity contribution in [3.05, 3.63) is 0 Å². The van der Waals surface area contributed by atoms with Gasteiger partial charge in [-0.25, -0.2) is 0 Å². The maximum atomic E-state index is 11.5. The molecule has 1 unspecified atom stereocenters. The van der Waals surface area contributed by atoms with E-state index in [1.807, 2.05) is 0 Å². The molecule has 1 aliphatic heterocycles. The Balaban J connectivity index is 2.20. The Morgan fingerprint density at radius 3 is 2.50 bits per heavy atom. The normalized spacial score (nSPS) is 19.8. The van der Waals surface area contributed by atoms with E-state index in [0.29, 0.717) is 0 Å². The molecule has 16 heavy (non-hydrogen) atoms. The Bertz CT molecular complexity index is 213. The maximum Gasteiger partial charge on any atom is 0.251 e. The van der Waals surface area contributed by atoms with Crippen LogP contribution in [0.25, 0.3) is 0 Å². The number of rotatable bonds is 5. The topological polar surface area (TPSA) is 53.0 Å². The fraction of sp³-hybridized carbons (Fsp3) is 0.909. The van der Waals surface area contributed by atoms with Gasteiger partial charge in [0.15, 0.2) is 0 Å². The van der Waals surface area contributed by atoms with Gasteiger partial charge in [-0.3, -0.25) is 9.69 Å². The van der Waals surface area contributed by atoms with E-state index >= 15 is 0 Å². The summed E-state index contributed by atoms with van der Waals surface area (Å²) < 4.78 is 5.00. The van der Waals surface area contributed by atoms with Crippen molar-refractivity contribution in [1.29, 1.82) is 0 Å². The van der Waals surface area contributed by atoms with Gasteiger partial charge in [-0.15, -0.1) is 0 Å². The molecule has 0 aliphatic carbocycles. The first-order valence-corrected chi connectivity index (χ1v) is 5.83. The molecule has 1 fully saturated rings. The number of hydrogen-bond acceptors (Lipinski definition) is 4. The summed E-state index contributed by atoms with van der Waals surface area (Å²) in [6.45, 7) is 6.54. The first kappa shape index (κ1) is 13.4. The minimum absolute atomic E-state index is 0.156. The van der Waals surface area contributed by atoms with Crippen molar-refractivity contribution in [3.63, 3.8) is 0 Å². The van der Waals surface area contributed by atoms with E-state index in [1.54, 1.807) is 12.0 Å². The van der Waals surface area contributed by atoms with Crippen molar-refractivity contribution >= 4 is 5.91 Å². The number of carbonyl (C=O) groups excluding carboxylic acids is 1. The summed E-state index contributed by atoms with van der Waals surface area (Å²) in [4.78, 5) is 15.6. The molecule has 1 atom stereocenters. The molecular weight excluding hydrogens is 208 g/mol. The molecule has 1 amide bonds. The Morgan fingerprint density at radius 2 is 2.00 bits per heavy atom. The molecule has 1 aliphatic rings. The number of carbonyl (C=O) groups is 1. The van der Waals surface area contributed by atoms with E-state index in [4.69, 9.17) is 4.74 Å². The number of nitrogens with zero attached hydrogens (tertiary/aromatic N) is 2. The van der Waals surface area contributed by atoms with E-state index in [0.717, 1.165) is 45.8 Å². The van der Waals surface area contributed by atoms with Gasteiger partial charge in [0.05, 0.1) is 0 Å². The van der Waals surface area contributed by atoms with Crippen LogP contribution in [0.1, 0.15) is 13.3 Å². The van der Waals surface area contributed by atoms with Gasteiger partial charge in [0.25, 0.3) is 5.91 Å². The van der Waals surface area contributed by atoms with Gasteiger partial charge in [0, 0.05) is 46.4 Å². The lowest BCUT2D eigenvalue weighted by molar-refractivity contribution is -0.141. The van der Waals surface area contributed by atoms with Crippen LogP contribution in [0.4, 0.5) is 0 Å². The van der Waals surface area contributed by atoms with Crippen LogP contribution in [0, 0.1) is 0 Å². The lowest BCUT2D eigenvalue weighted by Gasteiger charge is -2.35. The van der Waals surface area contributed by atoms with E-state index < -0.39 is 6.10 Å². The highest BCUT2D eigenvalue weighted by molar-refractivity contribution is 5.80. The molecule has 0 aromatic heterocycles. The number of amides is 1. The molecule has 0 bridgehead atoms. The zero-order valence-electron chi connectivity index (χ0n) is 10.2. The van der Waals surface area contributed by atoms with Crippen LogP contribution in [0.5, 0.6) is 0 Å². The van der Waals surface area contributed by atoms with Crippen LogP contribution < -0.4 is 0 Å². The molecule has 1 heterocycles. The van der Waals surface area contributed by atoms with Crippen molar-refractivity contribution in [2.24, 2.45) is 0 Å². The van der Waals surface area contributed by atoms with Gasteiger partial charge >= 0.3 is 0 Å². The van der Waals surface area contributed by atoms with Crippen LogP contribution in [-0.2, 0) is 9.53 Å². The van der Waals surface area contributed by atoms with Crippen molar-refractivity contribution in [2.45, 2.75) is 19.4 Å². The van der Waals surface area contributed by atoms with Gasteiger partial charge in [0.2, 0.25) is 0 Å². The minimum Gasteiger partial charge on any atom is -0.385 e. The predicted octanol–water partition coefficient (Wildman–Crippen LogP) is -0.452. The molecule has 1 rings (SSSR count). The van der Waals surface area contributed by atoms with Gasteiger partial charge in [-0.05, 0) is 13.3 Å². The second-order valence-corrected chi connectivity index (χ2v) is 4.19. The number of hydrogen-bond donors (Lipinski definition) is 1. The zero-order chi connectivity index (χ0) is 12.0. The van der Waals surface area contributed by atoms with Gasteiger partial charge < -0.3 is 14.7 Å². The van der Waals surface area contributed by atoms with Crippen LogP contribution in [0.2, 0.25) is 0 Å². The monoisotopic (exact) mass is 230 g/mol. The Morgan fingerprint density at radius 1 is 1.38 bits per heavy atom. The molecule has 1 saturated heterocycles. The maximum absolute atomic E-state index is 11.5. The SMILES string of the molecule is COCCCN1CCN(C(=O)C(C)O)CC1. The molecular formula is C11H22N2O3. The number of ether oxygens (including phenoxy) is 1. The first-order valence-electron chi connectivity index (χ1n) is 5.83. The summed E-state index contributed by atoms with van der Waals surface area (Å²) in [5, 5.41) is 9.19. The van der Waals surface area contributed by atoms with Crippen LogP contribution in [0.15, 0.2) is 0 Å².